The van der Waals surface area contributed by atoms with Crippen LogP contribution < -0.4 is 14.8 Å². The Morgan fingerprint density at radius 3 is 2.55 bits per heavy atom. The summed E-state index contributed by atoms with van der Waals surface area (Å²) >= 11 is 6.25. The molecule has 0 unspecified atom stereocenters. The lowest BCUT2D eigenvalue weighted by molar-refractivity contribution is -0.117. The molecule has 0 atom stereocenters. The number of anilines is 1. The van der Waals surface area contributed by atoms with E-state index in [1.54, 1.807) is 18.2 Å². The maximum absolute atomic E-state index is 13.1. The van der Waals surface area contributed by atoms with E-state index in [1.807, 2.05) is 64.4 Å². The highest BCUT2D eigenvalue weighted by Gasteiger charge is 2.17. The quantitative estimate of drug-likeness (QED) is 0.388. The highest BCUT2D eigenvalue weighted by molar-refractivity contribution is 6.31. The van der Waals surface area contributed by atoms with Crippen LogP contribution in [0.4, 0.5) is 5.69 Å². The van der Waals surface area contributed by atoms with Crippen molar-refractivity contribution in [2.45, 2.75) is 13.1 Å². The van der Waals surface area contributed by atoms with Crippen molar-refractivity contribution in [2.75, 3.05) is 38.2 Å². The molecule has 1 amide bonds. The summed E-state index contributed by atoms with van der Waals surface area (Å²) in [6.45, 7) is 3.19. The number of hydrogen-bond donors (Lipinski definition) is 1. The number of rotatable bonds is 4. The number of nitrogens with one attached hydrogen (secondary N) is 1. The Hall–Kier alpha value is -3.85. The summed E-state index contributed by atoms with van der Waals surface area (Å²) in [5.74, 6) is 1.41. The van der Waals surface area contributed by atoms with Crippen molar-refractivity contribution in [1.29, 1.82) is 0 Å². The fraction of sp³-hybridized carbons (Fsp3) is 0.241. The lowest BCUT2D eigenvalue weighted by Gasteiger charge is -2.21. The molecule has 1 aliphatic rings. The van der Waals surface area contributed by atoms with Gasteiger partial charge >= 0.3 is 0 Å². The van der Waals surface area contributed by atoms with Crippen molar-refractivity contribution in [3.05, 3.63) is 101 Å². The first-order chi connectivity index (χ1) is 18.6. The lowest BCUT2D eigenvalue weighted by Crippen LogP contribution is -2.35. The van der Waals surface area contributed by atoms with Gasteiger partial charge in [0.25, 0.3) is 0 Å². The number of carbonyl (C=O) groups is 1. The van der Waals surface area contributed by atoms with Gasteiger partial charge in [-0.15, -0.1) is 0 Å². The van der Waals surface area contributed by atoms with Gasteiger partial charge in [0.2, 0.25) is 5.91 Å². The Morgan fingerprint density at radius 1 is 0.868 bits per heavy atom. The topological polar surface area (TPSA) is 77.9 Å². The van der Waals surface area contributed by atoms with Crippen LogP contribution >= 0.6 is 11.6 Å². The van der Waals surface area contributed by atoms with Gasteiger partial charge in [-0.2, -0.15) is 5.10 Å². The highest BCUT2D eigenvalue weighted by Crippen LogP contribution is 2.36. The maximum atomic E-state index is 13.1. The average Bonchev–Trinajstić information content (AvgIpc) is 3.34. The number of amides is 1. The minimum absolute atomic E-state index is 0.159. The largest absolute Gasteiger partial charge is 0.487 e. The van der Waals surface area contributed by atoms with Gasteiger partial charge < -0.3 is 19.5 Å². The van der Waals surface area contributed by atoms with Crippen molar-refractivity contribution in [2.24, 2.45) is 0 Å². The monoisotopic (exact) mass is 532 g/mol. The van der Waals surface area contributed by atoms with E-state index in [4.69, 9.17) is 25.8 Å². The number of para-hydroxylation sites is 2. The maximum Gasteiger partial charge on any atom is 0.238 e. The fourth-order valence-electron chi connectivity index (χ4n) is 4.18. The third-order valence-electron chi connectivity index (χ3n) is 5.97. The molecule has 9 heteroatoms. The van der Waals surface area contributed by atoms with Crippen LogP contribution in [0.1, 0.15) is 11.1 Å². The second kappa shape index (κ2) is 12.6. The summed E-state index contributed by atoms with van der Waals surface area (Å²) in [6.07, 6.45) is 3.85. The van der Waals surface area contributed by atoms with E-state index in [2.05, 4.69) is 22.5 Å². The van der Waals surface area contributed by atoms with Crippen molar-refractivity contribution < 1.29 is 19.0 Å². The molecule has 38 heavy (non-hydrogen) atoms. The first-order valence-corrected chi connectivity index (χ1v) is 12.8. The summed E-state index contributed by atoms with van der Waals surface area (Å²) in [6, 6.07) is 22.7. The standard InChI is InChI=1S/C29H29ClN4O4/c30-24-10-11-26-25(16-24)32-29(35)21-33(12-13-36-14-15-37-27-8-4-5-9-28(27)38-26)18-23-17-31-34(20-23)19-22-6-2-1-3-7-22/h1-11,16-17,20H,12-15,18-19,21H2,(H,32,35). The highest BCUT2D eigenvalue weighted by atomic mass is 35.5. The summed E-state index contributed by atoms with van der Waals surface area (Å²) in [4.78, 5) is 15.2. The molecule has 1 aliphatic heterocycles. The molecular formula is C29H29ClN4O4. The minimum atomic E-state index is -0.187. The smallest absolute Gasteiger partial charge is 0.238 e. The Bertz CT molecular complexity index is 1360. The average molecular weight is 533 g/mol. The minimum Gasteiger partial charge on any atom is -0.487 e. The Kier molecular flexibility index (Phi) is 8.55. The molecule has 0 saturated carbocycles. The number of benzene rings is 3. The van der Waals surface area contributed by atoms with E-state index in [0.717, 1.165) is 5.56 Å². The third kappa shape index (κ3) is 7.13. The zero-order valence-corrected chi connectivity index (χ0v) is 21.6. The zero-order chi connectivity index (χ0) is 26.2. The predicted molar refractivity (Wildman–Crippen MR) is 146 cm³/mol. The van der Waals surface area contributed by atoms with Crippen LogP contribution in [0.2, 0.25) is 5.02 Å². The van der Waals surface area contributed by atoms with Crippen molar-refractivity contribution in [3.63, 3.8) is 0 Å². The van der Waals surface area contributed by atoms with Crippen molar-refractivity contribution in [1.82, 2.24) is 14.7 Å². The number of halogens is 1. The summed E-state index contributed by atoms with van der Waals surface area (Å²) in [7, 11) is 0. The fourth-order valence-corrected chi connectivity index (χ4v) is 4.35. The molecule has 0 bridgehead atoms. The molecule has 1 aromatic heterocycles. The van der Waals surface area contributed by atoms with E-state index in [-0.39, 0.29) is 12.5 Å². The number of hydrogen-bond acceptors (Lipinski definition) is 6. The summed E-state index contributed by atoms with van der Waals surface area (Å²) < 4.78 is 19.8. The Labute approximate surface area is 226 Å². The molecule has 0 aliphatic carbocycles. The number of ether oxygens (including phenoxy) is 3. The normalized spacial score (nSPS) is 15.1. The van der Waals surface area contributed by atoms with Crippen LogP contribution in [-0.2, 0) is 22.6 Å². The van der Waals surface area contributed by atoms with Gasteiger partial charge in [-0.3, -0.25) is 14.4 Å². The number of aromatic nitrogens is 2. The summed E-state index contributed by atoms with van der Waals surface area (Å²) in [5, 5.41) is 7.96. The first kappa shape index (κ1) is 25.8. The summed E-state index contributed by atoms with van der Waals surface area (Å²) in [5.41, 5.74) is 2.67. The first-order valence-electron chi connectivity index (χ1n) is 12.5. The molecule has 0 radical (unpaired) electrons. The Balaban J connectivity index is 1.32. The van der Waals surface area contributed by atoms with Crippen LogP contribution in [0.5, 0.6) is 17.2 Å². The molecule has 196 valence electrons. The number of nitrogens with zero attached hydrogens (tertiary/aromatic N) is 3. The van der Waals surface area contributed by atoms with E-state index in [0.29, 0.717) is 67.4 Å². The number of carbonyl (C=O) groups excluding carboxylic acids is 1. The molecule has 4 aromatic rings. The van der Waals surface area contributed by atoms with Gasteiger partial charge in [0.1, 0.15) is 6.61 Å². The van der Waals surface area contributed by atoms with Crippen LogP contribution in [0.3, 0.4) is 0 Å². The molecule has 3 aromatic carbocycles. The molecule has 8 nitrogen and oxygen atoms in total. The molecule has 0 fully saturated rings. The van der Waals surface area contributed by atoms with E-state index < -0.39 is 0 Å². The van der Waals surface area contributed by atoms with Crippen LogP contribution in [0, 0.1) is 0 Å². The SMILES string of the molecule is O=C1CN(Cc2cnn(Cc3ccccc3)c2)CCOCCOc2ccccc2Oc2ccc(Cl)cc2N1. The lowest BCUT2D eigenvalue weighted by atomic mass is 10.2. The van der Waals surface area contributed by atoms with Gasteiger partial charge in [-0.1, -0.05) is 54.1 Å². The second-order valence-electron chi connectivity index (χ2n) is 8.94. The molecule has 5 rings (SSSR count). The predicted octanol–water partition coefficient (Wildman–Crippen LogP) is 5.23. The van der Waals surface area contributed by atoms with Crippen molar-refractivity contribution >= 4 is 23.2 Å². The van der Waals surface area contributed by atoms with Crippen LogP contribution in [0.15, 0.2) is 85.2 Å². The molecule has 0 saturated heterocycles. The molecule has 0 spiro atoms. The van der Waals surface area contributed by atoms with Crippen molar-refractivity contribution in [3.8, 4) is 17.2 Å². The van der Waals surface area contributed by atoms with Gasteiger partial charge in [0, 0.05) is 29.9 Å². The molecular weight excluding hydrogens is 504 g/mol. The van der Waals surface area contributed by atoms with Crippen LogP contribution in [0.25, 0.3) is 0 Å². The zero-order valence-electron chi connectivity index (χ0n) is 20.9. The molecule has 1 N–H and O–H groups in total. The van der Waals surface area contributed by atoms with E-state index in [9.17, 15) is 4.79 Å². The van der Waals surface area contributed by atoms with Gasteiger partial charge in [0.05, 0.1) is 38.2 Å². The molecule has 2 heterocycles. The van der Waals surface area contributed by atoms with E-state index >= 15 is 0 Å². The van der Waals surface area contributed by atoms with Crippen LogP contribution in [-0.4, -0.2) is 53.5 Å². The van der Waals surface area contributed by atoms with E-state index in [1.165, 1.54) is 5.56 Å². The third-order valence-corrected chi connectivity index (χ3v) is 6.20. The number of fused-ring (bicyclic) bond motifs is 2. The second-order valence-corrected chi connectivity index (χ2v) is 9.38. The Morgan fingerprint density at radius 2 is 1.68 bits per heavy atom. The van der Waals surface area contributed by atoms with Gasteiger partial charge in [-0.25, -0.2) is 0 Å². The van der Waals surface area contributed by atoms with Gasteiger partial charge in [-0.05, 0) is 35.9 Å². The van der Waals surface area contributed by atoms with Gasteiger partial charge in [0.15, 0.2) is 17.2 Å².